The fraction of sp³-hybridized carbons (Fsp3) is 0.500. The zero-order chi connectivity index (χ0) is 28.6. The quantitative estimate of drug-likeness (QED) is 0.315. The first kappa shape index (κ1) is 31.3. The van der Waals surface area contributed by atoms with Gasteiger partial charge in [-0.2, -0.15) is 4.98 Å². The second-order valence-electron chi connectivity index (χ2n) is 10.1. The number of hydrogen-bond donors (Lipinski definition) is 4. The maximum atomic E-state index is 12.9. The van der Waals surface area contributed by atoms with Gasteiger partial charge in [0.25, 0.3) is 5.91 Å². The largest absolute Gasteiger partial charge is 0.481 e. The van der Waals surface area contributed by atoms with Gasteiger partial charge in [-0.3, -0.25) is 14.4 Å². The molecule has 3 aromatic heterocycles. The minimum absolute atomic E-state index is 0. The Kier molecular flexibility index (Phi) is 11.0. The number of aliphatic carboxylic acids is 2. The van der Waals surface area contributed by atoms with Crippen molar-refractivity contribution < 1.29 is 24.6 Å². The number of carbonyl (C=O) groups excluding carboxylic acids is 1. The summed E-state index contributed by atoms with van der Waals surface area (Å²) in [6.45, 7) is 3.96. The first-order valence-electron chi connectivity index (χ1n) is 13.4. The van der Waals surface area contributed by atoms with E-state index < -0.39 is 11.9 Å². The van der Waals surface area contributed by atoms with Gasteiger partial charge < -0.3 is 35.2 Å². The van der Waals surface area contributed by atoms with Gasteiger partial charge in [-0.05, 0) is 31.0 Å². The molecule has 41 heavy (non-hydrogen) atoms. The van der Waals surface area contributed by atoms with E-state index in [2.05, 4.69) is 36.1 Å². The number of amides is 1. The summed E-state index contributed by atoms with van der Waals surface area (Å²) in [6.07, 6.45) is 7.58. The minimum Gasteiger partial charge on any atom is -0.481 e. The highest BCUT2D eigenvalue weighted by molar-refractivity contribution is 5.98. The van der Waals surface area contributed by atoms with Crippen molar-refractivity contribution in [3.63, 3.8) is 0 Å². The van der Waals surface area contributed by atoms with Crippen molar-refractivity contribution in [3.8, 4) is 0 Å². The molecule has 13 heteroatoms. The number of hydrogen-bond acceptors (Lipinski definition) is 9. The highest BCUT2D eigenvalue weighted by Crippen LogP contribution is 2.35. The lowest BCUT2D eigenvalue weighted by Gasteiger charge is -2.29. The number of carbonyl (C=O) groups is 3. The van der Waals surface area contributed by atoms with Crippen LogP contribution in [0, 0.1) is 0 Å². The van der Waals surface area contributed by atoms with Crippen molar-refractivity contribution in [3.05, 3.63) is 36.3 Å². The summed E-state index contributed by atoms with van der Waals surface area (Å²) < 4.78 is 2.12. The van der Waals surface area contributed by atoms with Crippen LogP contribution >= 0.6 is 0 Å². The Morgan fingerprint density at radius 2 is 1.68 bits per heavy atom. The SMILES string of the molecule is C.CN(C)C(=O)c1cc2cnc(Nc3ccc(N4CCNCC4)cn3)nc2n1C1CCCC1.O=C(O)CCC(=O)O. The van der Waals surface area contributed by atoms with Crippen LogP contribution in [0.4, 0.5) is 17.5 Å². The number of aromatic nitrogens is 4. The van der Waals surface area contributed by atoms with E-state index in [1.54, 1.807) is 25.2 Å². The summed E-state index contributed by atoms with van der Waals surface area (Å²) in [7, 11) is 3.57. The van der Waals surface area contributed by atoms with Crippen LogP contribution in [0.1, 0.15) is 62.5 Å². The summed E-state index contributed by atoms with van der Waals surface area (Å²) in [6, 6.07) is 6.25. The second-order valence-corrected chi connectivity index (χ2v) is 10.1. The summed E-state index contributed by atoms with van der Waals surface area (Å²) in [5.74, 6) is -0.970. The predicted molar refractivity (Wildman–Crippen MR) is 157 cm³/mol. The Hall–Kier alpha value is -4.26. The molecule has 0 aromatic carbocycles. The number of carboxylic acid groups (broad SMARTS) is 2. The normalized spacial score (nSPS) is 15.0. The van der Waals surface area contributed by atoms with Gasteiger partial charge in [-0.15, -0.1) is 0 Å². The van der Waals surface area contributed by atoms with E-state index >= 15 is 0 Å². The van der Waals surface area contributed by atoms with Crippen LogP contribution in [0.25, 0.3) is 11.0 Å². The highest BCUT2D eigenvalue weighted by Gasteiger charge is 2.26. The molecule has 3 aromatic rings. The number of nitrogens with zero attached hydrogens (tertiary/aromatic N) is 6. The predicted octanol–water partition coefficient (Wildman–Crippen LogP) is 3.37. The van der Waals surface area contributed by atoms with Crippen molar-refractivity contribution in [2.45, 2.75) is 52.0 Å². The molecule has 2 fully saturated rings. The maximum absolute atomic E-state index is 12.9. The monoisotopic (exact) mass is 568 g/mol. The Morgan fingerprint density at radius 1 is 1.02 bits per heavy atom. The fourth-order valence-electron chi connectivity index (χ4n) is 4.89. The van der Waals surface area contributed by atoms with Crippen molar-refractivity contribution >= 4 is 46.3 Å². The number of carboxylic acids is 2. The smallest absolute Gasteiger partial charge is 0.303 e. The molecule has 4 heterocycles. The molecule has 5 rings (SSSR count). The van der Waals surface area contributed by atoms with Crippen LogP contribution in [0.5, 0.6) is 0 Å². The molecule has 0 bridgehead atoms. The van der Waals surface area contributed by atoms with Gasteiger partial charge in [-0.25, -0.2) is 9.97 Å². The zero-order valence-electron chi connectivity index (χ0n) is 22.8. The fourth-order valence-corrected chi connectivity index (χ4v) is 4.89. The van der Waals surface area contributed by atoms with Gasteiger partial charge >= 0.3 is 11.9 Å². The number of anilines is 3. The van der Waals surface area contributed by atoms with Gasteiger partial charge in [0.05, 0.1) is 24.7 Å². The van der Waals surface area contributed by atoms with Gasteiger partial charge in [0, 0.05) is 57.9 Å². The zero-order valence-corrected chi connectivity index (χ0v) is 22.8. The van der Waals surface area contributed by atoms with Gasteiger partial charge in [-0.1, -0.05) is 20.3 Å². The van der Waals surface area contributed by atoms with E-state index in [1.165, 1.54) is 12.8 Å². The Balaban J connectivity index is 0.000000453. The minimum atomic E-state index is -1.08. The molecule has 0 radical (unpaired) electrons. The first-order valence-corrected chi connectivity index (χ1v) is 13.4. The molecule has 1 aliphatic carbocycles. The third-order valence-electron chi connectivity index (χ3n) is 6.91. The Bertz CT molecular complexity index is 1320. The molecule has 13 nitrogen and oxygen atoms in total. The van der Waals surface area contributed by atoms with Crippen LogP contribution < -0.4 is 15.5 Å². The van der Waals surface area contributed by atoms with Gasteiger partial charge in [0.15, 0.2) is 0 Å². The molecule has 222 valence electrons. The Morgan fingerprint density at radius 3 is 2.24 bits per heavy atom. The van der Waals surface area contributed by atoms with Crippen molar-refractivity contribution in [1.29, 1.82) is 0 Å². The van der Waals surface area contributed by atoms with E-state index in [0.29, 0.717) is 23.5 Å². The van der Waals surface area contributed by atoms with Gasteiger partial charge in [0.2, 0.25) is 5.95 Å². The average Bonchev–Trinajstić information content (AvgIpc) is 3.60. The summed E-state index contributed by atoms with van der Waals surface area (Å²) >= 11 is 0. The van der Waals surface area contributed by atoms with Crippen molar-refractivity contribution in [2.24, 2.45) is 0 Å². The summed E-state index contributed by atoms with van der Waals surface area (Å²) in [5, 5.41) is 23.3. The maximum Gasteiger partial charge on any atom is 0.303 e. The number of rotatable bonds is 8. The lowest BCUT2D eigenvalue weighted by Crippen LogP contribution is -2.43. The lowest BCUT2D eigenvalue weighted by molar-refractivity contribution is -0.143. The average molecular weight is 569 g/mol. The molecule has 4 N–H and O–H groups in total. The molecule has 0 atom stereocenters. The van der Waals surface area contributed by atoms with Crippen LogP contribution in [0.15, 0.2) is 30.6 Å². The molecular formula is C28H40N8O5. The molecule has 0 spiro atoms. The molecule has 1 saturated heterocycles. The summed E-state index contributed by atoms with van der Waals surface area (Å²) in [4.78, 5) is 49.9. The topological polar surface area (TPSA) is 166 Å². The third-order valence-corrected chi connectivity index (χ3v) is 6.91. The lowest BCUT2D eigenvalue weighted by atomic mass is 10.2. The number of piperazine rings is 1. The molecule has 2 aliphatic rings. The van der Waals surface area contributed by atoms with Crippen molar-refractivity contribution in [2.75, 3.05) is 50.5 Å². The number of fused-ring (bicyclic) bond motifs is 1. The Labute approximate surface area is 239 Å². The van der Waals surface area contributed by atoms with Crippen LogP contribution in [-0.4, -0.2) is 92.8 Å². The molecule has 1 aliphatic heterocycles. The van der Waals surface area contributed by atoms with Gasteiger partial charge in [0.1, 0.15) is 17.2 Å². The summed E-state index contributed by atoms with van der Waals surface area (Å²) in [5.41, 5.74) is 2.61. The van der Waals surface area contributed by atoms with E-state index in [0.717, 1.165) is 55.7 Å². The van der Waals surface area contributed by atoms with E-state index in [4.69, 9.17) is 15.2 Å². The molecule has 1 saturated carbocycles. The van der Waals surface area contributed by atoms with E-state index in [-0.39, 0.29) is 26.2 Å². The van der Waals surface area contributed by atoms with Crippen molar-refractivity contribution in [1.82, 2.24) is 29.7 Å². The van der Waals surface area contributed by atoms with Crippen LogP contribution in [0.2, 0.25) is 0 Å². The molecule has 1 amide bonds. The molecule has 0 unspecified atom stereocenters. The first-order chi connectivity index (χ1) is 19.2. The van der Waals surface area contributed by atoms with Crippen LogP contribution in [0.3, 0.4) is 0 Å². The number of nitrogens with one attached hydrogen (secondary N) is 2. The highest BCUT2D eigenvalue weighted by atomic mass is 16.4. The third kappa shape index (κ3) is 8.13. The molecular weight excluding hydrogens is 528 g/mol. The van der Waals surface area contributed by atoms with Crippen LogP contribution in [-0.2, 0) is 9.59 Å². The van der Waals surface area contributed by atoms with E-state index in [9.17, 15) is 14.4 Å². The second kappa shape index (κ2) is 14.4. The standard InChI is InChI=1S/C23H30N8O.C4H6O4.CH4/c1-29(2)22(32)19-13-16-14-26-23(28-21(16)31(19)17-5-3-4-6-17)27-20-8-7-18(15-25-20)30-11-9-24-10-12-30;5-3(6)1-2-4(7)8;/h7-8,13-15,17,24H,3-6,9-12H2,1-2H3,(H,25,26,27,28);1-2H2,(H,5,6)(H,7,8);1H4. The van der Waals surface area contributed by atoms with E-state index in [1.807, 2.05) is 18.3 Å². The number of pyridine rings is 1.